The summed E-state index contributed by atoms with van der Waals surface area (Å²) < 4.78 is 11.2. The lowest BCUT2D eigenvalue weighted by atomic mass is 9.69. The molecular formula is C28H30N4O3. The molecular weight excluding hydrogens is 440 g/mol. The van der Waals surface area contributed by atoms with Crippen molar-refractivity contribution in [2.75, 3.05) is 19.1 Å². The fourth-order valence-corrected chi connectivity index (χ4v) is 4.74. The van der Waals surface area contributed by atoms with Crippen molar-refractivity contribution in [1.82, 2.24) is 5.01 Å². The molecule has 2 aromatic carbocycles. The number of nitrogens with one attached hydrogen (secondary N) is 1. The highest BCUT2D eigenvalue weighted by Gasteiger charge is 2.44. The highest BCUT2D eigenvalue weighted by atomic mass is 16.5. The summed E-state index contributed by atoms with van der Waals surface area (Å²) in [5.74, 6) is 0.745. The van der Waals surface area contributed by atoms with Gasteiger partial charge in [-0.1, -0.05) is 50.8 Å². The topological polar surface area (TPSA) is 101 Å². The number of methoxy groups -OCH3 is 1. The Morgan fingerprint density at radius 3 is 2.63 bits per heavy atom. The van der Waals surface area contributed by atoms with Crippen LogP contribution in [0.2, 0.25) is 0 Å². The molecule has 1 aliphatic carbocycles. The van der Waals surface area contributed by atoms with Crippen molar-refractivity contribution in [3.63, 3.8) is 0 Å². The number of ether oxygens (including phenoxy) is 2. The number of nitriles is 1. The van der Waals surface area contributed by atoms with E-state index in [1.807, 2.05) is 42.5 Å². The van der Waals surface area contributed by atoms with Gasteiger partial charge in [-0.2, -0.15) is 5.26 Å². The first-order chi connectivity index (χ1) is 16.8. The zero-order valence-corrected chi connectivity index (χ0v) is 20.3. The highest BCUT2D eigenvalue weighted by Crippen LogP contribution is 2.49. The Labute approximate surface area is 206 Å². The zero-order valence-electron chi connectivity index (χ0n) is 20.3. The number of para-hydroxylation sites is 1. The van der Waals surface area contributed by atoms with E-state index in [-0.39, 0.29) is 17.0 Å². The van der Waals surface area contributed by atoms with E-state index in [1.165, 1.54) is 0 Å². The van der Waals surface area contributed by atoms with Crippen molar-refractivity contribution < 1.29 is 14.3 Å². The van der Waals surface area contributed by atoms with Crippen LogP contribution in [0, 0.1) is 16.7 Å². The highest BCUT2D eigenvalue weighted by molar-refractivity contribution is 6.00. The maximum atomic E-state index is 13.6. The van der Waals surface area contributed by atoms with E-state index in [9.17, 15) is 10.1 Å². The van der Waals surface area contributed by atoms with Gasteiger partial charge in [-0.05, 0) is 41.7 Å². The molecule has 0 bridgehead atoms. The third kappa shape index (κ3) is 4.60. The van der Waals surface area contributed by atoms with Crippen LogP contribution in [0.5, 0.6) is 11.5 Å². The van der Waals surface area contributed by atoms with Gasteiger partial charge in [0.15, 0.2) is 17.3 Å². The first-order valence-corrected chi connectivity index (χ1v) is 11.5. The molecule has 0 fully saturated rings. The normalized spacial score (nSPS) is 19.1. The second-order valence-corrected chi connectivity index (χ2v) is 9.47. The summed E-state index contributed by atoms with van der Waals surface area (Å²) in [5, 5.41) is 11.9. The summed E-state index contributed by atoms with van der Waals surface area (Å²) in [6.07, 6.45) is 2.67. The van der Waals surface area contributed by atoms with Crippen LogP contribution in [0.25, 0.3) is 0 Å². The summed E-state index contributed by atoms with van der Waals surface area (Å²) in [6.45, 7) is 8.15. The Morgan fingerprint density at radius 1 is 1.23 bits per heavy atom. The van der Waals surface area contributed by atoms with Gasteiger partial charge in [-0.15, -0.1) is 0 Å². The predicted molar refractivity (Wildman–Crippen MR) is 135 cm³/mol. The fourth-order valence-electron chi connectivity index (χ4n) is 4.74. The summed E-state index contributed by atoms with van der Waals surface area (Å²) in [5.41, 5.74) is 12.9. The van der Waals surface area contributed by atoms with Crippen molar-refractivity contribution in [2.45, 2.75) is 32.6 Å². The van der Waals surface area contributed by atoms with Crippen molar-refractivity contribution in [2.24, 2.45) is 11.1 Å². The standard InChI is InChI=1S/C28H30N4O3/c1-5-13-35-23-12-11-18(14-24(23)34-4)25-20(17-29)27(30)32(31-19-9-7-6-8-10-19)21-15-28(2,3)16-22(33)26(21)25/h5-12,14,25,31H,1,13,15-16,30H2,2-4H3/t25-/m1/s1. The molecule has 1 heterocycles. The number of hydrogen-bond acceptors (Lipinski definition) is 7. The molecule has 7 nitrogen and oxygen atoms in total. The number of benzene rings is 2. The van der Waals surface area contributed by atoms with Gasteiger partial charge in [0.25, 0.3) is 0 Å². The van der Waals surface area contributed by atoms with E-state index in [4.69, 9.17) is 15.2 Å². The van der Waals surface area contributed by atoms with Crippen LogP contribution in [0.4, 0.5) is 5.69 Å². The van der Waals surface area contributed by atoms with Crippen LogP contribution in [0.3, 0.4) is 0 Å². The molecule has 2 aliphatic rings. The van der Waals surface area contributed by atoms with E-state index in [1.54, 1.807) is 24.3 Å². The number of carbonyl (C=O) groups is 1. The monoisotopic (exact) mass is 470 g/mol. The van der Waals surface area contributed by atoms with Gasteiger partial charge in [0.05, 0.1) is 36.1 Å². The molecule has 7 heteroatoms. The number of hydrazine groups is 1. The molecule has 2 aromatic rings. The van der Waals surface area contributed by atoms with Crippen LogP contribution in [0.15, 0.2) is 83.9 Å². The van der Waals surface area contributed by atoms with Crippen LogP contribution >= 0.6 is 0 Å². The van der Waals surface area contributed by atoms with Gasteiger partial charge in [0.1, 0.15) is 12.4 Å². The van der Waals surface area contributed by atoms with Gasteiger partial charge >= 0.3 is 0 Å². The number of nitrogens with zero attached hydrogens (tertiary/aromatic N) is 2. The molecule has 0 amide bonds. The second-order valence-electron chi connectivity index (χ2n) is 9.47. The maximum Gasteiger partial charge on any atom is 0.162 e. The van der Waals surface area contributed by atoms with Gasteiger partial charge < -0.3 is 15.2 Å². The molecule has 0 saturated carbocycles. The molecule has 1 aliphatic heterocycles. The molecule has 180 valence electrons. The zero-order chi connectivity index (χ0) is 25.2. The summed E-state index contributed by atoms with van der Waals surface area (Å²) in [6, 6.07) is 17.3. The quantitative estimate of drug-likeness (QED) is 0.548. The average molecular weight is 471 g/mol. The smallest absolute Gasteiger partial charge is 0.162 e. The number of Topliss-reactive ketones (excluding diaryl/α,β-unsaturated/α-hetero) is 1. The molecule has 0 radical (unpaired) electrons. The Hall–Kier alpha value is -4.18. The Bertz CT molecular complexity index is 1250. The predicted octanol–water partition coefficient (Wildman–Crippen LogP) is 5.02. The number of rotatable bonds is 7. The number of allylic oxidation sites excluding steroid dienone is 3. The minimum Gasteiger partial charge on any atom is -0.493 e. The van der Waals surface area contributed by atoms with E-state index in [2.05, 4.69) is 31.9 Å². The largest absolute Gasteiger partial charge is 0.493 e. The Morgan fingerprint density at radius 2 is 1.97 bits per heavy atom. The first-order valence-electron chi connectivity index (χ1n) is 11.5. The number of ketones is 1. The van der Waals surface area contributed by atoms with Gasteiger partial charge in [0, 0.05) is 12.0 Å². The van der Waals surface area contributed by atoms with E-state index in [0.717, 1.165) is 16.9 Å². The number of nitrogens with two attached hydrogens (primary N) is 1. The first kappa shape index (κ1) is 24.0. The van der Waals surface area contributed by atoms with Crippen molar-refractivity contribution >= 4 is 11.5 Å². The Kier molecular flexibility index (Phi) is 6.57. The van der Waals surface area contributed by atoms with E-state index in [0.29, 0.717) is 42.1 Å². The SMILES string of the molecule is C=CCOc1ccc([C@@H]2C(C#N)=C(N)N(Nc3ccccc3)C3=C2C(=O)CC(C)(C)C3)cc1OC. The molecule has 0 unspecified atom stereocenters. The second kappa shape index (κ2) is 9.59. The van der Waals surface area contributed by atoms with Crippen LogP contribution in [-0.4, -0.2) is 24.5 Å². The minimum absolute atomic E-state index is 0.00677. The molecule has 4 rings (SSSR count). The van der Waals surface area contributed by atoms with Crippen LogP contribution in [-0.2, 0) is 4.79 Å². The summed E-state index contributed by atoms with van der Waals surface area (Å²) in [4.78, 5) is 13.6. The minimum atomic E-state index is -0.602. The van der Waals surface area contributed by atoms with Gasteiger partial charge in [0.2, 0.25) is 0 Å². The third-order valence-corrected chi connectivity index (χ3v) is 6.27. The molecule has 0 saturated heterocycles. The Balaban J connectivity index is 1.88. The van der Waals surface area contributed by atoms with Crippen LogP contribution in [0.1, 0.15) is 38.2 Å². The molecule has 0 spiro atoms. The molecule has 0 aromatic heterocycles. The lowest BCUT2D eigenvalue weighted by Gasteiger charge is -2.43. The van der Waals surface area contributed by atoms with E-state index < -0.39 is 5.92 Å². The van der Waals surface area contributed by atoms with Crippen molar-refractivity contribution in [1.29, 1.82) is 5.26 Å². The molecule has 1 atom stereocenters. The molecule has 35 heavy (non-hydrogen) atoms. The number of carbonyl (C=O) groups excluding carboxylic acids is 1. The maximum absolute atomic E-state index is 13.6. The number of anilines is 1. The lowest BCUT2D eigenvalue weighted by molar-refractivity contribution is -0.118. The average Bonchev–Trinajstić information content (AvgIpc) is 2.84. The van der Waals surface area contributed by atoms with Crippen molar-refractivity contribution in [3.8, 4) is 17.6 Å². The fraction of sp³-hybridized carbons (Fsp3) is 0.286. The number of hydrogen-bond donors (Lipinski definition) is 2. The van der Waals surface area contributed by atoms with Crippen LogP contribution < -0.4 is 20.6 Å². The van der Waals surface area contributed by atoms with Gasteiger partial charge in [-0.3, -0.25) is 10.2 Å². The van der Waals surface area contributed by atoms with Gasteiger partial charge in [-0.25, -0.2) is 5.01 Å². The summed E-state index contributed by atoms with van der Waals surface area (Å²) in [7, 11) is 1.56. The molecule has 3 N–H and O–H groups in total. The summed E-state index contributed by atoms with van der Waals surface area (Å²) >= 11 is 0. The lowest BCUT2D eigenvalue weighted by Crippen LogP contribution is -2.44. The third-order valence-electron chi connectivity index (χ3n) is 6.27. The van der Waals surface area contributed by atoms with Crippen molar-refractivity contribution in [3.05, 3.63) is 89.4 Å². The van der Waals surface area contributed by atoms with E-state index >= 15 is 0 Å².